The minimum absolute atomic E-state index is 0.0771. The summed E-state index contributed by atoms with van der Waals surface area (Å²) < 4.78 is 27.2. The maximum Gasteiger partial charge on any atom is 0.145 e. The smallest absolute Gasteiger partial charge is 0.145 e. The maximum atomic E-state index is 13.6. The van der Waals surface area contributed by atoms with Crippen LogP contribution in [0.15, 0.2) is 29.3 Å². The SMILES string of the molecule is C=CCC(NN)c1c(F)ccc(Br)c1F. The average molecular weight is 277 g/mol. The maximum absolute atomic E-state index is 13.6. The van der Waals surface area contributed by atoms with E-state index in [2.05, 4.69) is 27.9 Å². The molecule has 0 aromatic heterocycles. The third kappa shape index (κ3) is 2.62. The molecule has 5 heteroatoms. The minimum atomic E-state index is -0.639. The zero-order chi connectivity index (χ0) is 11.4. The van der Waals surface area contributed by atoms with Crippen molar-refractivity contribution in [2.45, 2.75) is 12.5 Å². The number of nitrogens with one attached hydrogen (secondary N) is 1. The molecular weight excluding hydrogens is 266 g/mol. The van der Waals surface area contributed by atoms with E-state index in [4.69, 9.17) is 5.84 Å². The van der Waals surface area contributed by atoms with Crippen LogP contribution in [-0.2, 0) is 0 Å². The summed E-state index contributed by atoms with van der Waals surface area (Å²) in [4.78, 5) is 0. The molecule has 0 fully saturated rings. The molecule has 82 valence electrons. The van der Waals surface area contributed by atoms with Crippen LogP contribution in [0, 0.1) is 11.6 Å². The van der Waals surface area contributed by atoms with Gasteiger partial charge in [0.15, 0.2) is 0 Å². The predicted molar refractivity (Wildman–Crippen MR) is 58.9 cm³/mol. The highest BCUT2D eigenvalue weighted by Gasteiger charge is 2.19. The van der Waals surface area contributed by atoms with Gasteiger partial charge in [-0.3, -0.25) is 11.3 Å². The van der Waals surface area contributed by atoms with Crippen molar-refractivity contribution in [1.82, 2.24) is 5.43 Å². The molecule has 0 aliphatic rings. The largest absolute Gasteiger partial charge is 0.271 e. The van der Waals surface area contributed by atoms with Gasteiger partial charge in [-0.1, -0.05) is 6.08 Å². The Morgan fingerprint density at radius 2 is 2.20 bits per heavy atom. The molecule has 0 radical (unpaired) electrons. The van der Waals surface area contributed by atoms with Crippen molar-refractivity contribution in [1.29, 1.82) is 0 Å². The van der Waals surface area contributed by atoms with Gasteiger partial charge in [-0.25, -0.2) is 8.78 Å². The second-order valence-electron chi connectivity index (χ2n) is 3.00. The third-order valence-electron chi connectivity index (χ3n) is 2.03. The lowest BCUT2D eigenvalue weighted by Crippen LogP contribution is -2.29. The molecule has 2 nitrogen and oxygen atoms in total. The zero-order valence-electron chi connectivity index (χ0n) is 7.93. The Labute approximate surface area is 95.3 Å². The molecule has 0 bridgehead atoms. The number of rotatable bonds is 4. The highest BCUT2D eigenvalue weighted by atomic mass is 79.9. The summed E-state index contributed by atoms with van der Waals surface area (Å²) in [7, 11) is 0. The van der Waals surface area contributed by atoms with Gasteiger partial charge >= 0.3 is 0 Å². The molecule has 1 aromatic rings. The van der Waals surface area contributed by atoms with Gasteiger partial charge in [0.1, 0.15) is 11.6 Å². The topological polar surface area (TPSA) is 38.0 Å². The minimum Gasteiger partial charge on any atom is -0.271 e. The highest BCUT2D eigenvalue weighted by molar-refractivity contribution is 9.10. The molecular formula is C10H11BrF2N2. The van der Waals surface area contributed by atoms with E-state index in [-0.39, 0.29) is 10.0 Å². The average Bonchev–Trinajstić information content (AvgIpc) is 2.22. The fourth-order valence-corrected chi connectivity index (χ4v) is 1.64. The second kappa shape index (κ2) is 5.34. The van der Waals surface area contributed by atoms with Gasteiger partial charge < -0.3 is 0 Å². The number of hydrazine groups is 1. The second-order valence-corrected chi connectivity index (χ2v) is 3.85. The number of hydrogen-bond donors (Lipinski definition) is 2. The van der Waals surface area contributed by atoms with Crippen LogP contribution < -0.4 is 11.3 Å². The Hall–Kier alpha value is -0.780. The van der Waals surface area contributed by atoms with Crippen molar-refractivity contribution < 1.29 is 8.78 Å². The first-order valence-corrected chi connectivity index (χ1v) is 5.11. The Kier molecular flexibility index (Phi) is 4.38. The van der Waals surface area contributed by atoms with Gasteiger partial charge in [0.25, 0.3) is 0 Å². The van der Waals surface area contributed by atoms with E-state index in [1.807, 2.05) is 0 Å². The first-order valence-electron chi connectivity index (χ1n) is 4.32. The molecule has 0 aliphatic heterocycles. The summed E-state index contributed by atoms with van der Waals surface area (Å²) in [6.45, 7) is 3.50. The number of hydrogen-bond acceptors (Lipinski definition) is 2. The summed E-state index contributed by atoms with van der Waals surface area (Å²) in [5.41, 5.74) is 2.28. The fraction of sp³-hybridized carbons (Fsp3) is 0.200. The van der Waals surface area contributed by atoms with Crippen LogP contribution in [-0.4, -0.2) is 0 Å². The molecule has 1 unspecified atom stereocenters. The van der Waals surface area contributed by atoms with Crippen molar-refractivity contribution in [3.8, 4) is 0 Å². The van der Waals surface area contributed by atoms with Crippen LogP contribution in [0.25, 0.3) is 0 Å². The molecule has 1 aromatic carbocycles. The first-order chi connectivity index (χ1) is 7.11. The van der Waals surface area contributed by atoms with E-state index in [9.17, 15) is 8.78 Å². The highest BCUT2D eigenvalue weighted by Crippen LogP contribution is 2.28. The van der Waals surface area contributed by atoms with Crippen LogP contribution in [0.1, 0.15) is 18.0 Å². The van der Waals surface area contributed by atoms with E-state index in [1.54, 1.807) is 6.08 Å². The summed E-state index contributed by atoms with van der Waals surface area (Å²) in [6, 6.07) is 1.89. The number of nitrogens with two attached hydrogens (primary N) is 1. The third-order valence-corrected chi connectivity index (χ3v) is 2.64. The van der Waals surface area contributed by atoms with Crippen LogP contribution in [0.5, 0.6) is 0 Å². The lowest BCUT2D eigenvalue weighted by molar-refractivity contribution is 0.475. The molecule has 0 saturated carbocycles. The monoisotopic (exact) mass is 276 g/mol. The molecule has 15 heavy (non-hydrogen) atoms. The molecule has 3 N–H and O–H groups in total. The summed E-state index contributed by atoms with van der Waals surface area (Å²) in [5, 5.41) is 0. The molecule has 1 rings (SSSR count). The Balaban J connectivity index is 3.20. The van der Waals surface area contributed by atoms with Crippen molar-refractivity contribution in [2.24, 2.45) is 5.84 Å². The summed E-state index contributed by atoms with van der Waals surface area (Å²) >= 11 is 2.99. The summed E-state index contributed by atoms with van der Waals surface area (Å²) in [5.74, 6) is 3.97. The van der Waals surface area contributed by atoms with Gasteiger partial charge in [-0.05, 0) is 34.5 Å². The van der Waals surface area contributed by atoms with Crippen LogP contribution in [0.2, 0.25) is 0 Å². The molecule has 0 saturated heterocycles. The van der Waals surface area contributed by atoms with Gasteiger partial charge in [-0.2, -0.15) is 0 Å². The summed E-state index contributed by atoms with van der Waals surface area (Å²) in [6.07, 6.45) is 1.89. The van der Waals surface area contributed by atoms with Crippen molar-refractivity contribution in [3.63, 3.8) is 0 Å². The lowest BCUT2D eigenvalue weighted by atomic mass is 10.0. The fourth-order valence-electron chi connectivity index (χ4n) is 1.30. The predicted octanol–water partition coefficient (Wildman–Crippen LogP) is 2.81. The van der Waals surface area contributed by atoms with Gasteiger partial charge in [0.2, 0.25) is 0 Å². The Bertz CT molecular complexity index is 369. The Morgan fingerprint density at radius 3 is 2.73 bits per heavy atom. The standard InChI is InChI=1S/C10H11BrF2N2/c1-2-3-8(15-14)9-7(12)5-4-6(11)10(9)13/h2,4-5,8,15H,1,3,14H2. The molecule has 1 atom stereocenters. The van der Waals surface area contributed by atoms with Crippen molar-refractivity contribution in [3.05, 3.63) is 46.5 Å². The zero-order valence-corrected chi connectivity index (χ0v) is 9.52. The molecule has 0 heterocycles. The van der Waals surface area contributed by atoms with Crippen molar-refractivity contribution >= 4 is 15.9 Å². The first kappa shape index (κ1) is 12.3. The van der Waals surface area contributed by atoms with E-state index >= 15 is 0 Å². The van der Waals surface area contributed by atoms with E-state index < -0.39 is 17.7 Å². The normalized spacial score (nSPS) is 12.5. The van der Waals surface area contributed by atoms with Crippen LogP contribution in [0.3, 0.4) is 0 Å². The van der Waals surface area contributed by atoms with Crippen molar-refractivity contribution in [2.75, 3.05) is 0 Å². The molecule has 0 amide bonds. The van der Waals surface area contributed by atoms with Gasteiger partial charge in [0.05, 0.1) is 10.5 Å². The van der Waals surface area contributed by atoms with E-state index in [0.717, 1.165) is 0 Å². The molecule has 0 spiro atoms. The quantitative estimate of drug-likeness (QED) is 0.384. The van der Waals surface area contributed by atoms with E-state index in [1.165, 1.54) is 12.1 Å². The van der Waals surface area contributed by atoms with Gasteiger partial charge in [-0.15, -0.1) is 6.58 Å². The van der Waals surface area contributed by atoms with Gasteiger partial charge in [0, 0.05) is 5.56 Å². The number of halogens is 3. The van der Waals surface area contributed by atoms with Crippen LogP contribution >= 0.6 is 15.9 Å². The van der Waals surface area contributed by atoms with Crippen LogP contribution in [0.4, 0.5) is 8.78 Å². The lowest BCUT2D eigenvalue weighted by Gasteiger charge is -2.16. The Morgan fingerprint density at radius 1 is 1.53 bits per heavy atom. The number of benzene rings is 1. The van der Waals surface area contributed by atoms with E-state index in [0.29, 0.717) is 6.42 Å². The molecule has 0 aliphatic carbocycles.